The van der Waals surface area contributed by atoms with Crippen molar-refractivity contribution in [3.8, 4) is 5.75 Å². The summed E-state index contributed by atoms with van der Waals surface area (Å²) in [5, 5.41) is 21.7. The van der Waals surface area contributed by atoms with Gasteiger partial charge >= 0.3 is 5.97 Å². The van der Waals surface area contributed by atoms with Gasteiger partial charge in [0.25, 0.3) is 0 Å². The number of aliphatic hydroxyl groups is 1. The lowest BCUT2D eigenvalue weighted by Crippen LogP contribution is -2.44. The van der Waals surface area contributed by atoms with Crippen molar-refractivity contribution in [3.63, 3.8) is 0 Å². The van der Waals surface area contributed by atoms with E-state index in [1.807, 2.05) is 36.0 Å². The molecule has 1 aliphatic heterocycles. The van der Waals surface area contributed by atoms with Gasteiger partial charge in [0.2, 0.25) is 0 Å². The molecule has 9 heteroatoms. The summed E-state index contributed by atoms with van der Waals surface area (Å²) in [6.07, 6.45) is 3.13. The summed E-state index contributed by atoms with van der Waals surface area (Å²) in [5.74, 6) is 0.706. The fraction of sp³-hybridized carbons (Fsp3) is 0.600. The molecule has 0 bridgehead atoms. The van der Waals surface area contributed by atoms with Crippen LogP contribution in [0.15, 0.2) is 30.5 Å². The zero-order chi connectivity index (χ0) is 23.3. The van der Waals surface area contributed by atoms with E-state index in [0.717, 1.165) is 47.5 Å². The molecule has 1 saturated heterocycles. The number of likely N-dealkylation sites (tertiary alicyclic amines) is 1. The molecule has 0 saturated carbocycles. The maximum atomic E-state index is 12.0. The van der Waals surface area contributed by atoms with Gasteiger partial charge in [-0.05, 0) is 61.6 Å². The fourth-order valence-electron chi connectivity index (χ4n) is 4.47. The number of carboxylic acids is 1. The number of fused-ring (bicyclic) bond motifs is 1. The third-order valence-electron chi connectivity index (χ3n) is 6.25. The van der Waals surface area contributed by atoms with E-state index >= 15 is 0 Å². The minimum Gasteiger partial charge on any atom is -0.497 e. The highest BCUT2D eigenvalue weighted by atomic mass is 35.5. The lowest BCUT2D eigenvalue weighted by Gasteiger charge is -2.37. The molecule has 192 valence electrons. The second kappa shape index (κ2) is 13.7. The van der Waals surface area contributed by atoms with Gasteiger partial charge in [-0.15, -0.1) is 24.8 Å². The van der Waals surface area contributed by atoms with E-state index in [2.05, 4.69) is 30.7 Å². The second-order valence-electron chi connectivity index (χ2n) is 9.63. The van der Waals surface area contributed by atoms with Crippen molar-refractivity contribution < 1.29 is 19.7 Å². The summed E-state index contributed by atoms with van der Waals surface area (Å²) in [5.41, 5.74) is 1.63. The number of hydrogen-bond donors (Lipinski definition) is 2. The predicted molar refractivity (Wildman–Crippen MR) is 145 cm³/mol. The third kappa shape index (κ3) is 8.45. The minimum absolute atomic E-state index is 0. The second-order valence-corrected chi connectivity index (χ2v) is 11.6. The largest absolute Gasteiger partial charge is 0.497 e. The van der Waals surface area contributed by atoms with Crippen LogP contribution in [0.4, 0.5) is 0 Å². The normalized spacial score (nSPS) is 19.7. The molecule has 3 rings (SSSR count). The topological polar surface area (TPSA) is 82.9 Å². The number of carbonyl (C=O) groups is 1. The quantitative estimate of drug-likeness (QED) is 0.443. The van der Waals surface area contributed by atoms with Crippen LogP contribution in [0.2, 0.25) is 0 Å². The highest BCUT2D eigenvalue weighted by molar-refractivity contribution is 8.00. The van der Waals surface area contributed by atoms with E-state index in [1.165, 1.54) is 0 Å². The zero-order valence-electron chi connectivity index (χ0n) is 20.4. The number of piperidine rings is 1. The molecule has 2 heterocycles. The van der Waals surface area contributed by atoms with Gasteiger partial charge in [0.15, 0.2) is 0 Å². The van der Waals surface area contributed by atoms with E-state index in [0.29, 0.717) is 19.4 Å². The first-order valence-electron chi connectivity index (χ1n) is 11.4. The number of aliphatic carboxylic acids is 1. The Morgan fingerprint density at radius 3 is 2.68 bits per heavy atom. The van der Waals surface area contributed by atoms with Crippen molar-refractivity contribution in [2.45, 2.75) is 50.9 Å². The molecule has 1 aromatic carbocycles. The minimum atomic E-state index is -0.725. The summed E-state index contributed by atoms with van der Waals surface area (Å²) < 4.78 is 5.55. The van der Waals surface area contributed by atoms with E-state index in [4.69, 9.17) is 4.74 Å². The summed E-state index contributed by atoms with van der Waals surface area (Å²) in [7, 11) is 1.62. The summed E-state index contributed by atoms with van der Waals surface area (Å²) in [4.78, 5) is 18.7. The maximum Gasteiger partial charge on any atom is 0.308 e. The van der Waals surface area contributed by atoms with Crippen molar-refractivity contribution in [3.05, 3.63) is 36.0 Å². The summed E-state index contributed by atoms with van der Waals surface area (Å²) >= 11 is 1.92. The molecule has 2 N–H and O–H groups in total. The SMILES string of the molecule is COc1ccc2nccc([C@@H](O)CC[C@@H]3CCN(CCSC(C)(C)C)C[C@@H]3C(=O)O)c2c1.Cl.Cl. The molecule has 34 heavy (non-hydrogen) atoms. The standard InChI is InChI=1S/C25H36N2O4S.2ClH/c1-25(2,3)32-14-13-27-12-10-17(21(16-27)24(29)30)5-8-23(28)19-9-11-26-22-7-6-18(31-4)15-20(19)22;;/h6-7,9,11,15,17,21,23,28H,5,8,10,12-14,16H2,1-4H3,(H,29,30);2*1H/t17-,21+,23+;;/m1../s1. The number of methoxy groups -OCH3 is 1. The number of pyridine rings is 1. The van der Waals surface area contributed by atoms with Crippen LogP contribution in [0.25, 0.3) is 10.9 Å². The molecule has 1 aliphatic rings. The number of carboxylic acid groups (broad SMARTS) is 1. The number of thioether (sulfide) groups is 1. The Balaban J connectivity index is 0.00000289. The molecule has 0 spiro atoms. The van der Waals surface area contributed by atoms with Crippen molar-refractivity contribution in [1.82, 2.24) is 9.88 Å². The molecule has 1 fully saturated rings. The molecule has 6 nitrogen and oxygen atoms in total. The lowest BCUT2D eigenvalue weighted by atomic mass is 9.81. The van der Waals surface area contributed by atoms with Crippen LogP contribution in [0.1, 0.15) is 51.7 Å². The number of hydrogen-bond acceptors (Lipinski definition) is 6. The summed E-state index contributed by atoms with van der Waals surface area (Å²) in [6.45, 7) is 9.05. The molecule has 3 atom stereocenters. The van der Waals surface area contributed by atoms with Crippen molar-refractivity contribution in [1.29, 1.82) is 0 Å². The van der Waals surface area contributed by atoms with Gasteiger partial charge in [0.05, 0.1) is 24.6 Å². The molecule has 0 aliphatic carbocycles. The Morgan fingerprint density at radius 2 is 2.03 bits per heavy atom. The Labute approximate surface area is 219 Å². The van der Waals surface area contributed by atoms with Gasteiger partial charge in [0, 0.05) is 35.2 Å². The van der Waals surface area contributed by atoms with Crippen molar-refractivity contribution in [2.75, 3.05) is 32.5 Å². The van der Waals surface area contributed by atoms with Gasteiger partial charge in [0.1, 0.15) is 5.75 Å². The highest BCUT2D eigenvalue weighted by Gasteiger charge is 2.34. The number of nitrogens with zero attached hydrogens (tertiary/aromatic N) is 2. The van der Waals surface area contributed by atoms with Crippen LogP contribution in [0.5, 0.6) is 5.75 Å². The predicted octanol–water partition coefficient (Wildman–Crippen LogP) is 5.46. The monoisotopic (exact) mass is 532 g/mol. The number of aromatic nitrogens is 1. The fourth-order valence-corrected chi connectivity index (χ4v) is 5.43. The first kappa shape index (κ1) is 30.8. The summed E-state index contributed by atoms with van der Waals surface area (Å²) in [6, 6.07) is 7.49. The molecule has 0 radical (unpaired) electrons. The van der Waals surface area contributed by atoms with Gasteiger partial charge in [-0.3, -0.25) is 9.78 Å². The smallest absolute Gasteiger partial charge is 0.308 e. The van der Waals surface area contributed by atoms with Gasteiger partial charge < -0.3 is 19.8 Å². The Kier molecular flexibility index (Phi) is 12.4. The van der Waals surface area contributed by atoms with Crippen LogP contribution in [0.3, 0.4) is 0 Å². The number of aliphatic hydroxyl groups excluding tert-OH is 1. The van der Waals surface area contributed by atoms with Crippen LogP contribution in [-0.4, -0.2) is 63.3 Å². The lowest BCUT2D eigenvalue weighted by molar-refractivity contribution is -0.146. The molecule has 0 unspecified atom stereocenters. The first-order valence-corrected chi connectivity index (χ1v) is 12.4. The van der Waals surface area contributed by atoms with Gasteiger partial charge in [-0.1, -0.05) is 20.8 Å². The average molecular weight is 534 g/mol. The average Bonchev–Trinajstić information content (AvgIpc) is 2.76. The van der Waals surface area contributed by atoms with E-state index in [-0.39, 0.29) is 41.4 Å². The molecule has 2 aromatic rings. The van der Waals surface area contributed by atoms with Crippen molar-refractivity contribution >= 4 is 53.4 Å². The molecule has 1 aromatic heterocycles. The number of rotatable bonds is 9. The number of ether oxygens (including phenoxy) is 1. The number of halogens is 2. The van der Waals surface area contributed by atoms with Crippen LogP contribution < -0.4 is 4.74 Å². The van der Waals surface area contributed by atoms with E-state index in [9.17, 15) is 15.0 Å². The first-order chi connectivity index (χ1) is 15.2. The Bertz CT molecular complexity index is 925. The number of benzene rings is 1. The molecule has 0 amide bonds. The Hall–Kier alpha value is -1.25. The van der Waals surface area contributed by atoms with Gasteiger partial charge in [-0.25, -0.2) is 0 Å². The van der Waals surface area contributed by atoms with Crippen LogP contribution in [-0.2, 0) is 4.79 Å². The van der Waals surface area contributed by atoms with Gasteiger partial charge in [-0.2, -0.15) is 11.8 Å². The highest BCUT2D eigenvalue weighted by Crippen LogP contribution is 2.34. The maximum absolute atomic E-state index is 12.0. The van der Waals surface area contributed by atoms with Crippen LogP contribution >= 0.6 is 36.6 Å². The van der Waals surface area contributed by atoms with E-state index in [1.54, 1.807) is 13.3 Å². The molecular weight excluding hydrogens is 495 g/mol. The van der Waals surface area contributed by atoms with Crippen molar-refractivity contribution in [2.24, 2.45) is 11.8 Å². The van der Waals surface area contributed by atoms with Crippen LogP contribution in [0, 0.1) is 11.8 Å². The third-order valence-corrected chi connectivity index (χ3v) is 7.50. The Morgan fingerprint density at radius 1 is 1.29 bits per heavy atom. The molecular formula is C25H38Cl2N2O4S. The zero-order valence-corrected chi connectivity index (χ0v) is 22.8. The van der Waals surface area contributed by atoms with E-state index < -0.39 is 12.1 Å².